The van der Waals surface area contributed by atoms with Crippen LogP contribution in [0.2, 0.25) is 0 Å². The Hall–Kier alpha value is -1.38. The van der Waals surface area contributed by atoms with E-state index in [9.17, 15) is 4.39 Å². The summed E-state index contributed by atoms with van der Waals surface area (Å²) in [5.74, 6) is -0.212. The van der Waals surface area contributed by atoms with Crippen LogP contribution in [0.4, 0.5) is 4.39 Å². The maximum Gasteiger partial charge on any atom is 0.124 e. The SMILES string of the molecule is CC(C)(C)CC(C)(C)n1cc2cc(F)ccc2n1. The summed E-state index contributed by atoms with van der Waals surface area (Å²) in [5, 5.41) is 5.42. The summed E-state index contributed by atoms with van der Waals surface area (Å²) < 4.78 is 15.1. The molecule has 1 heterocycles. The molecule has 0 N–H and O–H groups in total. The molecular weight excluding hydrogens is 227 g/mol. The van der Waals surface area contributed by atoms with Crippen molar-refractivity contribution in [2.24, 2.45) is 5.41 Å². The molecule has 0 fully saturated rings. The molecule has 0 saturated carbocycles. The van der Waals surface area contributed by atoms with Crippen LogP contribution in [0.25, 0.3) is 10.9 Å². The highest BCUT2D eigenvalue weighted by molar-refractivity contribution is 5.77. The molecule has 0 aliphatic heterocycles. The standard InChI is InChI=1S/C15H21FN2/c1-14(2,3)10-15(4,5)18-9-11-8-12(16)6-7-13(11)17-18/h6-9H,10H2,1-5H3. The Morgan fingerprint density at radius 3 is 2.44 bits per heavy atom. The largest absolute Gasteiger partial charge is 0.266 e. The predicted octanol–water partition coefficient (Wildman–Crippen LogP) is 4.35. The van der Waals surface area contributed by atoms with E-state index in [1.807, 2.05) is 10.9 Å². The van der Waals surface area contributed by atoms with Crippen LogP contribution < -0.4 is 0 Å². The van der Waals surface area contributed by atoms with Gasteiger partial charge in [0.2, 0.25) is 0 Å². The molecule has 0 atom stereocenters. The van der Waals surface area contributed by atoms with Crippen LogP contribution in [-0.4, -0.2) is 9.78 Å². The molecule has 98 valence electrons. The van der Waals surface area contributed by atoms with Gasteiger partial charge in [-0.3, -0.25) is 4.68 Å². The molecule has 0 spiro atoms. The van der Waals surface area contributed by atoms with Crippen molar-refractivity contribution in [3.8, 4) is 0 Å². The molecular formula is C15H21FN2. The Kier molecular flexibility index (Phi) is 2.96. The van der Waals surface area contributed by atoms with E-state index < -0.39 is 0 Å². The second-order valence-electron chi connectivity index (χ2n) is 6.83. The molecule has 1 aromatic heterocycles. The molecule has 0 saturated heterocycles. The fourth-order valence-corrected chi connectivity index (χ4v) is 2.69. The van der Waals surface area contributed by atoms with Crippen molar-refractivity contribution in [3.63, 3.8) is 0 Å². The Labute approximate surface area is 108 Å². The van der Waals surface area contributed by atoms with Crippen molar-refractivity contribution in [3.05, 3.63) is 30.2 Å². The van der Waals surface area contributed by atoms with Gasteiger partial charge < -0.3 is 0 Å². The summed E-state index contributed by atoms with van der Waals surface area (Å²) in [6.45, 7) is 11.0. The first-order chi connectivity index (χ1) is 8.17. The van der Waals surface area contributed by atoms with Crippen LogP contribution in [0.15, 0.2) is 24.4 Å². The Bertz CT molecular complexity index is 561. The van der Waals surface area contributed by atoms with Gasteiger partial charge in [-0.2, -0.15) is 5.10 Å². The zero-order chi connectivity index (χ0) is 13.6. The fourth-order valence-electron chi connectivity index (χ4n) is 2.69. The number of halogens is 1. The molecule has 0 aliphatic carbocycles. The summed E-state index contributed by atoms with van der Waals surface area (Å²) in [7, 11) is 0. The summed E-state index contributed by atoms with van der Waals surface area (Å²) in [6.07, 6.45) is 2.95. The molecule has 2 aromatic rings. The topological polar surface area (TPSA) is 17.8 Å². The molecule has 3 heteroatoms. The normalized spacial score (nSPS) is 13.2. The van der Waals surface area contributed by atoms with Crippen LogP contribution in [-0.2, 0) is 5.54 Å². The second-order valence-corrected chi connectivity index (χ2v) is 6.83. The van der Waals surface area contributed by atoms with Gasteiger partial charge in [-0.15, -0.1) is 0 Å². The highest BCUT2D eigenvalue weighted by atomic mass is 19.1. The molecule has 2 rings (SSSR count). The van der Waals surface area contributed by atoms with Crippen LogP contribution in [0.5, 0.6) is 0 Å². The quantitative estimate of drug-likeness (QED) is 0.772. The van der Waals surface area contributed by atoms with E-state index in [-0.39, 0.29) is 16.8 Å². The first kappa shape index (κ1) is 13.1. The number of aromatic nitrogens is 2. The summed E-state index contributed by atoms with van der Waals surface area (Å²) in [5.41, 5.74) is 0.999. The zero-order valence-corrected chi connectivity index (χ0v) is 11.8. The lowest BCUT2D eigenvalue weighted by molar-refractivity contribution is 0.199. The minimum absolute atomic E-state index is 0.0756. The molecule has 0 radical (unpaired) electrons. The summed E-state index contributed by atoms with van der Waals surface area (Å²) in [6, 6.07) is 4.72. The van der Waals surface area contributed by atoms with Crippen molar-refractivity contribution >= 4 is 10.9 Å². The molecule has 0 amide bonds. The number of hydrogen-bond donors (Lipinski definition) is 0. The van der Waals surface area contributed by atoms with Crippen molar-refractivity contribution in [2.75, 3.05) is 0 Å². The van der Waals surface area contributed by atoms with Gasteiger partial charge in [-0.05, 0) is 43.9 Å². The molecule has 18 heavy (non-hydrogen) atoms. The van der Waals surface area contributed by atoms with Crippen molar-refractivity contribution in [1.29, 1.82) is 0 Å². The fraction of sp³-hybridized carbons (Fsp3) is 0.533. The van der Waals surface area contributed by atoms with Crippen molar-refractivity contribution in [1.82, 2.24) is 9.78 Å². The molecule has 0 bridgehead atoms. The van der Waals surface area contributed by atoms with Gasteiger partial charge in [-0.25, -0.2) is 4.39 Å². The van der Waals surface area contributed by atoms with Crippen LogP contribution in [0.1, 0.15) is 41.0 Å². The van der Waals surface area contributed by atoms with Gasteiger partial charge in [0, 0.05) is 11.6 Å². The van der Waals surface area contributed by atoms with Gasteiger partial charge in [0.25, 0.3) is 0 Å². The molecule has 2 nitrogen and oxygen atoms in total. The van der Waals surface area contributed by atoms with E-state index in [0.717, 1.165) is 17.3 Å². The summed E-state index contributed by atoms with van der Waals surface area (Å²) in [4.78, 5) is 0. The second kappa shape index (κ2) is 4.08. The third kappa shape index (κ3) is 2.71. The molecule has 0 aliphatic rings. The Balaban J connectivity index is 2.41. The zero-order valence-electron chi connectivity index (χ0n) is 11.8. The maximum absolute atomic E-state index is 13.2. The van der Waals surface area contributed by atoms with E-state index in [1.54, 1.807) is 6.07 Å². The number of hydrogen-bond acceptors (Lipinski definition) is 1. The Morgan fingerprint density at radius 1 is 1.17 bits per heavy atom. The van der Waals surface area contributed by atoms with Gasteiger partial charge >= 0.3 is 0 Å². The van der Waals surface area contributed by atoms with Gasteiger partial charge in [0.15, 0.2) is 0 Å². The van der Waals surface area contributed by atoms with Crippen LogP contribution in [0, 0.1) is 11.2 Å². The van der Waals surface area contributed by atoms with E-state index in [4.69, 9.17) is 0 Å². The highest BCUT2D eigenvalue weighted by Gasteiger charge is 2.28. The lowest BCUT2D eigenvalue weighted by atomic mass is 9.82. The minimum Gasteiger partial charge on any atom is -0.266 e. The number of rotatable bonds is 2. The van der Waals surface area contributed by atoms with Crippen LogP contribution >= 0.6 is 0 Å². The number of nitrogens with zero attached hydrogens (tertiary/aromatic N) is 2. The molecule has 1 aromatic carbocycles. The monoisotopic (exact) mass is 248 g/mol. The van der Waals surface area contributed by atoms with E-state index >= 15 is 0 Å². The highest BCUT2D eigenvalue weighted by Crippen LogP contribution is 2.32. The Morgan fingerprint density at radius 2 is 1.83 bits per heavy atom. The third-order valence-electron chi connectivity index (χ3n) is 3.05. The van der Waals surface area contributed by atoms with E-state index in [0.29, 0.717) is 0 Å². The van der Waals surface area contributed by atoms with E-state index in [1.165, 1.54) is 12.1 Å². The minimum atomic E-state index is -0.212. The lowest BCUT2D eigenvalue weighted by Gasteiger charge is -2.32. The smallest absolute Gasteiger partial charge is 0.124 e. The number of fused-ring (bicyclic) bond motifs is 1. The van der Waals surface area contributed by atoms with Gasteiger partial charge in [0.1, 0.15) is 5.82 Å². The number of benzene rings is 1. The first-order valence-corrected chi connectivity index (χ1v) is 6.33. The lowest BCUT2D eigenvalue weighted by Crippen LogP contribution is -2.31. The first-order valence-electron chi connectivity index (χ1n) is 6.33. The maximum atomic E-state index is 13.2. The predicted molar refractivity (Wildman–Crippen MR) is 73.1 cm³/mol. The van der Waals surface area contributed by atoms with Crippen molar-refractivity contribution < 1.29 is 4.39 Å². The summed E-state index contributed by atoms with van der Waals surface area (Å²) >= 11 is 0. The third-order valence-corrected chi connectivity index (χ3v) is 3.05. The average molecular weight is 248 g/mol. The molecule has 0 unspecified atom stereocenters. The van der Waals surface area contributed by atoms with Gasteiger partial charge in [-0.1, -0.05) is 20.8 Å². The average Bonchev–Trinajstić information content (AvgIpc) is 2.57. The van der Waals surface area contributed by atoms with Crippen LogP contribution in [0.3, 0.4) is 0 Å². The van der Waals surface area contributed by atoms with E-state index in [2.05, 4.69) is 39.7 Å². The van der Waals surface area contributed by atoms with Gasteiger partial charge in [0.05, 0.1) is 11.1 Å². The van der Waals surface area contributed by atoms with Crippen molar-refractivity contribution in [2.45, 2.75) is 46.6 Å².